The molecule has 1 aliphatic heterocycles. The van der Waals surface area contributed by atoms with Gasteiger partial charge in [-0.25, -0.2) is 0 Å². The fraction of sp³-hybridized carbons (Fsp3) is 0.364. The second-order valence-corrected chi connectivity index (χ2v) is 7.58. The van der Waals surface area contributed by atoms with Crippen LogP contribution in [-0.4, -0.2) is 57.7 Å². The minimum Gasteiger partial charge on any atom is -0.507 e. The zero-order valence-electron chi connectivity index (χ0n) is 16.8. The van der Waals surface area contributed by atoms with E-state index in [1.807, 2.05) is 25.1 Å². The molecule has 4 rings (SSSR count). The fourth-order valence-corrected chi connectivity index (χ4v) is 3.97. The first kappa shape index (κ1) is 19.4. The molecule has 3 aromatic rings. The molecule has 0 unspecified atom stereocenters. The van der Waals surface area contributed by atoms with Crippen molar-refractivity contribution in [1.82, 2.24) is 19.4 Å². The largest absolute Gasteiger partial charge is 0.507 e. The molecule has 0 radical (unpaired) electrons. The normalized spacial score (nSPS) is 16.8. The van der Waals surface area contributed by atoms with Crippen LogP contribution in [0.1, 0.15) is 28.6 Å². The van der Waals surface area contributed by atoms with Crippen molar-refractivity contribution in [3.63, 3.8) is 0 Å². The van der Waals surface area contributed by atoms with Crippen molar-refractivity contribution in [3.05, 3.63) is 81.9 Å². The van der Waals surface area contributed by atoms with E-state index in [2.05, 4.69) is 21.8 Å². The van der Waals surface area contributed by atoms with Gasteiger partial charge in [-0.15, -0.1) is 0 Å². The molecule has 0 aromatic carbocycles. The second-order valence-electron chi connectivity index (χ2n) is 7.58. The zero-order chi connectivity index (χ0) is 20.4. The molecular weight excluding hydrogens is 368 g/mol. The van der Waals surface area contributed by atoms with Gasteiger partial charge >= 0.3 is 0 Å². The zero-order valence-corrected chi connectivity index (χ0v) is 16.8. The Bertz CT molecular complexity index is 1010. The van der Waals surface area contributed by atoms with Crippen LogP contribution in [-0.2, 0) is 6.54 Å². The summed E-state index contributed by atoms with van der Waals surface area (Å²) in [6.45, 7) is 5.61. The first-order valence-electron chi connectivity index (χ1n) is 9.83. The Kier molecular flexibility index (Phi) is 5.51. The third-order valence-electron chi connectivity index (χ3n) is 5.62. The van der Waals surface area contributed by atoms with E-state index in [9.17, 15) is 9.90 Å². The third-order valence-corrected chi connectivity index (χ3v) is 5.62. The van der Waals surface area contributed by atoms with E-state index in [0.717, 1.165) is 31.7 Å². The lowest BCUT2D eigenvalue weighted by Gasteiger charge is -2.38. The van der Waals surface area contributed by atoms with E-state index < -0.39 is 0 Å². The van der Waals surface area contributed by atoms with Gasteiger partial charge in [0.25, 0.3) is 5.56 Å². The predicted octanol–water partition coefficient (Wildman–Crippen LogP) is 2.24. The molecule has 7 heteroatoms. The Labute approximate surface area is 169 Å². The maximum atomic E-state index is 13.6. The van der Waals surface area contributed by atoms with Crippen LogP contribution < -0.4 is 5.56 Å². The highest BCUT2D eigenvalue weighted by Crippen LogP contribution is 2.33. The number of aryl methyl sites for hydroxylation is 1. The highest BCUT2D eigenvalue weighted by Gasteiger charge is 2.30. The van der Waals surface area contributed by atoms with Crippen LogP contribution in [0.2, 0.25) is 0 Å². The van der Waals surface area contributed by atoms with Crippen LogP contribution in [0, 0.1) is 6.92 Å². The number of pyridine rings is 2. The lowest BCUT2D eigenvalue weighted by Crippen LogP contribution is -2.47. The van der Waals surface area contributed by atoms with E-state index in [1.54, 1.807) is 35.4 Å². The van der Waals surface area contributed by atoms with Crippen LogP contribution in [0.5, 0.6) is 5.75 Å². The van der Waals surface area contributed by atoms with Crippen molar-refractivity contribution in [3.8, 4) is 5.75 Å². The molecule has 0 aliphatic carbocycles. The number of piperazine rings is 1. The molecule has 0 bridgehead atoms. The Balaban J connectivity index is 1.82. The summed E-state index contributed by atoms with van der Waals surface area (Å²) in [6, 6.07) is 8.82. The maximum Gasteiger partial charge on any atom is 0.260 e. The first-order valence-corrected chi connectivity index (χ1v) is 9.83. The molecule has 7 nitrogen and oxygen atoms in total. The summed E-state index contributed by atoms with van der Waals surface area (Å²) in [5.41, 5.74) is 1.85. The minimum atomic E-state index is -0.331. The number of aromatic hydroxyl groups is 1. The molecule has 1 aliphatic rings. The van der Waals surface area contributed by atoms with E-state index in [-0.39, 0.29) is 17.4 Å². The van der Waals surface area contributed by atoms with Crippen molar-refractivity contribution >= 4 is 0 Å². The lowest BCUT2D eigenvalue weighted by atomic mass is 9.97. The molecule has 3 aromatic heterocycles. The second kappa shape index (κ2) is 8.23. The average Bonchev–Trinajstić information content (AvgIpc) is 3.23. The summed E-state index contributed by atoms with van der Waals surface area (Å²) in [4.78, 5) is 22.2. The van der Waals surface area contributed by atoms with Crippen LogP contribution in [0.25, 0.3) is 0 Å². The van der Waals surface area contributed by atoms with Crippen LogP contribution in [0.3, 0.4) is 0 Å². The van der Waals surface area contributed by atoms with Gasteiger partial charge in [0, 0.05) is 44.3 Å². The summed E-state index contributed by atoms with van der Waals surface area (Å²) in [6.07, 6.45) is 5.05. The number of hydrogen-bond donors (Lipinski definition) is 1. The van der Waals surface area contributed by atoms with Crippen molar-refractivity contribution < 1.29 is 9.52 Å². The predicted molar refractivity (Wildman–Crippen MR) is 110 cm³/mol. The number of hydrogen-bond acceptors (Lipinski definition) is 6. The maximum absolute atomic E-state index is 13.6. The standard InChI is InChI=1S/C22H26N4O3/c1-16-14-19(27)20(22(28)26(16)15-18-4-3-13-29-18)21(17-5-7-23-8-6-17)25-11-9-24(2)10-12-25/h3-8,13-14,21,27H,9-12,15H2,1-2H3/t21-/m1/s1. The Morgan fingerprint density at radius 2 is 1.90 bits per heavy atom. The summed E-state index contributed by atoms with van der Waals surface area (Å²) < 4.78 is 7.11. The van der Waals surface area contributed by atoms with Crippen molar-refractivity contribution in [2.45, 2.75) is 19.5 Å². The highest BCUT2D eigenvalue weighted by molar-refractivity contribution is 5.40. The van der Waals surface area contributed by atoms with Crippen molar-refractivity contribution in [2.24, 2.45) is 0 Å². The number of likely N-dealkylation sites (N-methyl/N-ethyl adjacent to an activating group) is 1. The Hall–Kier alpha value is -2.90. The molecular formula is C22H26N4O3. The van der Waals surface area contributed by atoms with Gasteiger partial charge in [-0.2, -0.15) is 0 Å². The van der Waals surface area contributed by atoms with E-state index in [1.165, 1.54) is 0 Å². The number of aromatic nitrogens is 2. The number of nitrogens with zero attached hydrogens (tertiary/aromatic N) is 4. The van der Waals surface area contributed by atoms with Crippen molar-refractivity contribution in [2.75, 3.05) is 33.2 Å². The Morgan fingerprint density at radius 3 is 2.55 bits per heavy atom. The lowest BCUT2D eigenvalue weighted by molar-refractivity contribution is 0.125. The summed E-state index contributed by atoms with van der Waals surface area (Å²) in [5.74, 6) is 0.732. The van der Waals surface area contributed by atoms with Crippen LogP contribution in [0.15, 0.2) is 58.2 Å². The minimum absolute atomic E-state index is 0.0314. The van der Waals surface area contributed by atoms with E-state index in [0.29, 0.717) is 23.6 Å². The molecule has 29 heavy (non-hydrogen) atoms. The van der Waals surface area contributed by atoms with Gasteiger partial charge in [-0.1, -0.05) is 0 Å². The van der Waals surface area contributed by atoms with E-state index in [4.69, 9.17) is 4.42 Å². The SMILES string of the molecule is Cc1cc(O)c([C@@H](c2ccncc2)N2CCN(C)CC2)c(=O)n1Cc1ccco1. The van der Waals surface area contributed by atoms with Gasteiger partial charge in [-0.05, 0) is 49.9 Å². The highest BCUT2D eigenvalue weighted by atomic mass is 16.3. The summed E-state index contributed by atoms with van der Waals surface area (Å²) in [7, 11) is 2.10. The first-order chi connectivity index (χ1) is 14.0. The van der Waals surface area contributed by atoms with Gasteiger partial charge in [0.2, 0.25) is 0 Å². The third kappa shape index (κ3) is 3.97. The molecule has 152 valence electrons. The average molecular weight is 394 g/mol. The van der Waals surface area contributed by atoms with Gasteiger partial charge in [0.1, 0.15) is 11.5 Å². The van der Waals surface area contributed by atoms with Crippen molar-refractivity contribution in [1.29, 1.82) is 0 Å². The van der Waals surface area contributed by atoms with E-state index >= 15 is 0 Å². The fourth-order valence-electron chi connectivity index (χ4n) is 3.97. The molecule has 0 amide bonds. The van der Waals surface area contributed by atoms with Crippen LogP contribution in [0.4, 0.5) is 0 Å². The number of furan rings is 1. The summed E-state index contributed by atoms with van der Waals surface area (Å²) >= 11 is 0. The van der Waals surface area contributed by atoms with Gasteiger partial charge in [0.05, 0.1) is 24.4 Å². The van der Waals surface area contributed by atoms with Gasteiger partial charge in [-0.3, -0.25) is 14.7 Å². The molecule has 4 heterocycles. The smallest absolute Gasteiger partial charge is 0.260 e. The molecule has 1 N–H and O–H groups in total. The molecule has 1 fully saturated rings. The molecule has 0 saturated carbocycles. The molecule has 1 atom stereocenters. The summed E-state index contributed by atoms with van der Waals surface area (Å²) in [5, 5.41) is 10.8. The quantitative estimate of drug-likeness (QED) is 0.715. The van der Waals surface area contributed by atoms with Crippen LogP contribution >= 0.6 is 0 Å². The van der Waals surface area contributed by atoms with Gasteiger partial charge < -0.3 is 19.0 Å². The Morgan fingerprint density at radius 1 is 1.17 bits per heavy atom. The topological polar surface area (TPSA) is 74.7 Å². The van der Waals surface area contributed by atoms with Gasteiger partial charge in [0.15, 0.2) is 0 Å². The molecule has 0 spiro atoms. The number of rotatable bonds is 5. The monoisotopic (exact) mass is 394 g/mol. The molecule has 1 saturated heterocycles.